The highest BCUT2D eigenvalue weighted by atomic mass is 79.9. The maximum absolute atomic E-state index is 11.9. The van der Waals surface area contributed by atoms with E-state index in [1.165, 1.54) is 6.26 Å². The number of hydrogen-bond donors (Lipinski definition) is 0. The Morgan fingerprint density at radius 1 is 1.38 bits per heavy atom. The van der Waals surface area contributed by atoms with E-state index in [2.05, 4.69) is 20.8 Å². The van der Waals surface area contributed by atoms with Gasteiger partial charge in [0.1, 0.15) is 0 Å². The van der Waals surface area contributed by atoms with Crippen LogP contribution in [0.15, 0.2) is 22.8 Å². The summed E-state index contributed by atoms with van der Waals surface area (Å²) in [4.78, 5) is 16.1. The maximum Gasteiger partial charge on any atom is 0.289 e. The largest absolute Gasteiger partial charge is 0.459 e. The van der Waals surface area contributed by atoms with Gasteiger partial charge in [0.15, 0.2) is 5.76 Å². The minimum Gasteiger partial charge on any atom is -0.459 e. The molecule has 0 radical (unpaired) electrons. The molecule has 0 atom stereocenters. The number of rotatable bonds is 3. The Morgan fingerprint density at radius 2 is 2.12 bits per heavy atom. The van der Waals surface area contributed by atoms with Crippen LogP contribution < -0.4 is 0 Å². The molecule has 1 saturated heterocycles. The molecule has 1 aromatic rings. The summed E-state index contributed by atoms with van der Waals surface area (Å²) >= 11 is 3.42. The summed E-state index contributed by atoms with van der Waals surface area (Å²) in [7, 11) is 0. The van der Waals surface area contributed by atoms with Crippen molar-refractivity contribution in [1.82, 2.24) is 9.80 Å². The summed E-state index contributed by atoms with van der Waals surface area (Å²) in [5.41, 5.74) is 0. The zero-order valence-electron chi connectivity index (χ0n) is 9.06. The molecule has 5 heteroatoms. The number of furan rings is 1. The van der Waals surface area contributed by atoms with Crippen LogP contribution in [0.1, 0.15) is 10.6 Å². The summed E-state index contributed by atoms with van der Waals surface area (Å²) in [5, 5.41) is 0.985. The summed E-state index contributed by atoms with van der Waals surface area (Å²) in [6, 6.07) is 3.46. The van der Waals surface area contributed by atoms with Crippen molar-refractivity contribution in [2.45, 2.75) is 0 Å². The van der Waals surface area contributed by atoms with E-state index < -0.39 is 0 Å². The molecule has 2 heterocycles. The van der Waals surface area contributed by atoms with E-state index in [1.807, 2.05) is 4.90 Å². The molecule has 88 valence electrons. The van der Waals surface area contributed by atoms with Crippen LogP contribution in [-0.4, -0.2) is 53.8 Å². The average molecular weight is 287 g/mol. The van der Waals surface area contributed by atoms with E-state index in [0.717, 1.165) is 38.1 Å². The van der Waals surface area contributed by atoms with Crippen LogP contribution in [0.4, 0.5) is 0 Å². The predicted molar refractivity (Wildman–Crippen MR) is 64.8 cm³/mol. The number of carbonyl (C=O) groups is 1. The maximum atomic E-state index is 11.9. The van der Waals surface area contributed by atoms with Gasteiger partial charge in [0.05, 0.1) is 6.26 Å². The Hall–Kier alpha value is -0.810. The first-order valence-corrected chi connectivity index (χ1v) is 6.54. The molecule has 1 fully saturated rings. The van der Waals surface area contributed by atoms with Gasteiger partial charge < -0.3 is 9.32 Å². The molecule has 16 heavy (non-hydrogen) atoms. The van der Waals surface area contributed by atoms with E-state index in [1.54, 1.807) is 12.1 Å². The highest BCUT2D eigenvalue weighted by Gasteiger charge is 2.22. The monoisotopic (exact) mass is 286 g/mol. The van der Waals surface area contributed by atoms with Gasteiger partial charge in [0, 0.05) is 38.1 Å². The van der Waals surface area contributed by atoms with Crippen molar-refractivity contribution >= 4 is 21.8 Å². The molecular weight excluding hydrogens is 272 g/mol. The highest BCUT2D eigenvalue weighted by Crippen LogP contribution is 2.09. The molecule has 1 aliphatic heterocycles. The predicted octanol–water partition coefficient (Wildman–Crippen LogP) is 1.43. The lowest BCUT2D eigenvalue weighted by Crippen LogP contribution is -2.49. The SMILES string of the molecule is O=C(c1ccco1)N1CCN(CCBr)CC1. The third-order valence-electron chi connectivity index (χ3n) is 2.79. The van der Waals surface area contributed by atoms with Gasteiger partial charge in [-0.15, -0.1) is 0 Å². The van der Waals surface area contributed by atoms with E-state index in [4.69, 9.17) is 4.42 Å². The lowest BCUT2D eigenvalue weighted by molar-refractivity contribution is 0.0614. The van der Waals surface area contributed by atoms with Crippen molar-refractivity contribution in [2.24, 2.45) is 0 Å². The molecule has 0 N–H and O–H groups in total. The molecule has 0 aromatic carbocycles. The van der Waals surface area contributed by atoms with Crippen molar-refractivity contribution < 1.29 is 9.21 Å². The Morgan fingerprint density at radius 3 is 2.69 bits per heavy atom. The van der Waals surface area contributed by atoms with Crippen molar-refractivity contribution in [1.29, 1.82) is 0 Å². The normalized spacial score (nSPS) is 17.7. The van der Waals surface area contributed by atoms with Gasteiger partial charge in [-0.05, 0) is 12.1 Å². The topological polar surface area (TPSA) is 36.7 Å². The van der Waals surface area contributed by atoms with Crippen molar-refractivity contribution in [3.8, 4) is 0 Å². The summed E-state index contributed by atoms with van der Waals surface area (Å²) in [5.74, 6) is 0.442. The van der Waals surface area contributed by atoms with Gasteiger partial charge in [0.25, 0.3) is 5.91 Å². The summed E-state index contributed by atoms with van der Waals surface area (Å²) in [6.45, 7) is 4.50. The number of carbonyl (C=O) groups excluding carboxylic acids is 1. The van der Waals surface area contributed by atoms with Crippen LogP contribution in [0, 0.1) is 0 Å². The molecule has 0 unspecified atom stereocenters. The van der Waals surface area contributed by atoms with Crippen molar-refractivity contribution in [2.75, 3.05) is 38.1 Å². The molecule has 0 spiro atoms. The van der Waals surface area contributed by atoms with Gasteiger partial charge in [0.2, 0.25) is 0 Å². The highest BCUT2D eigenvalue weighted by molar-refractivity contribution is 9.09. The van der Waals surface area contributed by atoms with Crippen molar-refractivity contribution in [3.63, 3.8) is 0 Å². The summed E-state index contributed by atoms with van der Waals surface area (Å²) < 4.78 is 5.11. The first-order chi connectivity index (χ1) is 7.81. The fourth-order valence-corrected chi connectivity index (χ4v) is 2.35. The zero-order valence-corrected chi connectivity index (χ0v) is 10.6. The molecular formula is C11H15BrN2O2. The molecule has 0 aliphatic carbocycles. The van der Waals surface area contributed by atoms with Gasteiger partial charge in [-0.1, -0.05) is 15.9 Å². The first kappa shape index (κ1) is 11.7. The number of nitrogens with zero attached hydrogens (tertiary/aromatic N) is 2. The minimum absolute atomic E-state index is 0.00323. The Balaban J connectivity index is 1.87. The van der Waals surface area contributed by atoms with Crippen LogP contribution in [0.5, 0.6) is 0 Å². The third-order valence-corrected chi connectivity index (χ3v) is 3.15. The number of hydrogen-bond acceptors (Lipinski definition) is 3. The number of alkyl halides is 1. The standard InChI is InChI=1S/C11H15BrN2O2/c12-3-4-13-5-7-14(8-6-13)11(15)10-2-1-9-16-10/h1-2,9H,3-8H2. The molecule has 2 rings (SSSR count). The second-order valence-electron chi connectivity index (χ2n) is 3.80. The quantitative estimate of drug-likeness (QED) is 0.789. The van der Waals surface area contributed by atoms with E-state index >= 15 is 0 Å². The lowest BCUT2D eigenvalue weighted by Gasteiger charge is -2.33. The van der Waals surface area contributed by atoms with Gasteiger partial charge >= 0.3 is 0 Å². The number of piperazine rings is 1. The summed E-state index contributed by atoms with van der Waals surface area (Å²) in [6.07, 6.45) is 1.54. The van der Waals surface area contributed by atoms with Crippen LogP contribution in [-0.2, 0) is 0 Å². The molecule has 4 nitrogen and oxygen atoms in total. The number of halogens is 1. The minimum atomic E-state index is 0.00323. The Kier molecular flexibility index (Phi) is 4.01. The van der Waals surface area contributed by atoms with E-state index in [9.17, 15) is 4.79 Å². The van der Waals surface area contributed by atoms with Crippen LogP contribution in [0.3, 0.4) is 0 Å². The second-order valence-corrected chi connectivity index (χ2v) is 4.59. The molecule has 1 amide bonds. The van der Waals surface area contributed by atoms with Crippen LogP contribution >= 0.6 is 15.9 Å². The van der Waals surface area contributed by atoms with Crippen LogP contribution in [0.2, 0.25) is 0 Å². The van der Waals surface area contributed by atoms with E-state index in [-0.39, 0.29) is 5.91 Å². The first-order valence-electron chi connectivity index (χ1n) is 5.42. The van der Waals surface area contributed by atoms with Crippen LogP contribution in [0.25, 0.3) is 0 Å². The fourth-order valence-electron chi connectivity index (χ4n) is 1.85. The lowest BCUT2D eigenvalue weighted by atomic mass is 10.3. The Labute approximate surface area is 103 Å². The molecule has 1 aromatic heterocycles. The van der Waals surface area contributed by atoms with Gasteiger partial charge in [-0.3, -0.25) is 9.69 Å². The third kappa shape index (κ3) is 2.65. The van der Waals surface area contributed by atoms with Crippen molar-refractivity contribution in [3.05, 3.63) is 24.2 Å². The zero-order chi connectivity index (χ0) is 11.4. The Bertz CT molecular complexity index is 332. The average Bonchev–Trinajstić information content (AvgIpc) is 2.83. The van der Waals surface area contributed by atoms with Gasteiger partial charge in [-0.25, -0.2) is 0 Å². The molecule has 0 saturated carbocycles. The van der Waals surface area contributed by atoms with Gasteiger partial charge in [-0.2, -0.15) is 0 Å². The second kappa shape index (κ2) is 5.50. The van der Waals surface area contributed by atoms with E-state index in [0.29, 0.717) is 5.76 Å². The molecule has 0 bridgehead atoms. The molecule has 1 aliphatic rings. The number of amides is 1. The fraction of sp³-hybridized carbons (Fsp3) is 0.545. The smallest absolute Gasteiger partial charge is 0.289 e.